The molecule has 0 saturated heterocycles. The zero-order valence-corrected chi connectivity index (χ0v) is 7.49. The van der Waals surface area contributed by atoms with E-state index in [9.17, 15) is 0 Å². The summed E-state index contributed by atoms with van der Waals surface area (Å²) in [6, 6.07) is 5.65. The van der Waals surface area contributed by atoms with E-state index in [4.69, 9.17) is 16.9 Å². The monoisotopic (exact) mass is 194 g/mol. The van der Waals surface area contributed by atoms with Crippen molar-refractivity contribution in [3.63, 3.8) is 0 Å². The third kappa shape index (κ3) is 1.15. The highest BCUT2D eigenvalue weighted by Gasteiger charge is 2.01. The average Bonchev–Trinajstić information content (AvgIpc) is 2.46. The van der Waals surface area contributed by atoms with Crippen molar-refractivity contribution < 1.29 is 0 Å². The zero-order valence-electron chi connectivity index (χ0n) is 5.91. The lowest BCUT2D eigenvalue weighted by Gasteiger charge is -1.87. The summed E-state index contributed by atoms with van der Waals surface area (Å²) in [7, 11) is 0. The van der Waals surface area contributed by atoms with Crippen molar-refractivity contribution in [2.45, 2.75) is 0 Å². The largest absolute Gasteiger partial charge is 0.254 e. The molecule has 0 radical (unpaired) electrons. The molecular weight excluding hydrogens is 192 g/mol. The van der Waals surface area contributed by atoms with Crippen LogP contribution in [0.4, 0.5) is 0 Å². The van der Waals surface area contributed by atoms with Crippen molar-refractivity contribution in [2.24, 2.45) is 0 Å². The fourth-order valence-corrected chi connectivity index (χ4v) is 2.03. The second-order valence-corrected chi connectivity index (χ2v) is 3.78. The summed E-state index contributed by atoms with van der Waals surface area (Å²) >= 11 is 7.14. The SMILES string of the molecule is N#Cc1cc2ncc(Cl)cc2s1. The number of hydrogen-bond donors (Lipinski definition) is 0. The Morgan fingerprint density at radius 3 is 3.08 bits per heavy atom. The molecule has 0 atom stereocenters. The Hall–Kier alpha value is -1.11. The molecule has 0 fully saturated rings. The number of fused-ring (bicyclic) bond motifs is 1. The minimum Gasteiger partial charge on any atom is -0.254 e. The predicted molar refractivity (Wildman–Crippen MR) is 49.3 cm³/mol. The van der Waals surface area contributed by atoms with Crippen LogP contribution in [0.5, 0.6) is 0 Å². The summed E-state index contributed by atoms with van der Waals surface area (Å²) < 4.78 is 0.957. The van der Waals surface area contributed by atoms with Crippen LogP contribution >= 0.6 is 22.9 Å². The van der Waals surface area contributed by atoms with E-state index in [1.54, 1.807) is 12.3 Å². The molecule has 2 aromatic rings. The quantitative estimate of drug-likeness (QED) is 0.647. The Morgan fingerprint density at radius 1 is 1.50 bits per heavy atom. The van der Waals surface area contributed by atoms with Crippen LogP contribution in [0.15, 0.2) is 18.3 Å². The molecule has 0 N–H and O–H groups in total. The third-order valence-corrected chi connectivity index (χ3v) is 2.63. The number of nitrogens with zero attached hydrogens (tertiary/aromatic N) is 2. The first kappa shape index (κ1) is 7.53. The standard InChI is InChI=1S/C8H3ClN2S/c9-5-1-8-7(11-4-5)2-6(3-10)12-8/h1-2,4H. The maximum atomic E-state index is 8.61. The number of hydrogen-bond acceptors (Lipinski definition) is 3. The summed E-state index contributed by atoms with van der Waals surface area (Å²) in [5.74, 6) is 0. The Labute approximate surface area is 78.0 Å². The van der Waals surface area contributed by atoms with Crippen LogP contribution in [0.25, 0.3) is 10.2 Å². The van der Waals surface area contributed by atoms with Gasteiger partial charge in [-0.25, -0.2) is 0 Å². The van der Waals surface area contributed by atoms with Crippen molar-refractivity contribution in [3.8, 4) is 6.07 Å². The van der Waals surface area contributed by atoms with Crippen LogP contribution in [-0.4, -0.2) is 4.98 Å². The molecule has 0 spiro atoms. The van der Waals surface area contributed by atoms with E-state index in [2.05, 4.69) is 11.1 Å². The average molecular weight is 195 g/mol. The van der Waals surface area contributed by atoms with Gasteiger partial charge in [-0.3, -0.25) is 4.98 Å². The van der Waals surface area contributed by atoms with Gasteiger partial charge in [0.1, 0.15) is 10.9 Å². The van der Waals surface area contributed by atoms with E-state index in [1.165, 1.54) is 11.3 Å². The second kappa shape index (κ2) is 2.74. The molecule has 0 aliphatic rings. The van der Waals surface area contributed by atoms with Crippen LogP contribution in [0.2, 0.25) is 5.02 Å². The van der Waals surface area contributed by atoms with Crippen molar-refractivity contribution in [1.29, 1.82) is 5.26 Å². The lowest BCUT2D eigenvalue weighted by atomic mass is 10.4. The van der Waals surface area contributed by atoms with Crippen molar-refractivity contribution in [2.75, 3.05) is 0 Å². The van der Waals surface area contributed by atoms with Gasteiger partial charge in [0, 0.05) is 6.20 Å². The molecule has 2 nitrogen and oxygen atoms in total. The first-order chi connectivity index (χ1) is 5.79. The molecule has 2 aromatic heterocycles. The van der Waals surface area contributed by atoms with Crippen molar-refractivity contribution >= 4 is 33.2 Å². The third-order valence-electron chi connectivity index (χ3n) is 1.45. The van der Waals surface area contributed by atoms with Gasteiger partial charge in [-0.1, -0.05) is 11.6 Å². The maximum absolute atomic E-state index is 8.61. The minimum atomic E-state index is 0.605. The molecule has 0 aromatic carbocycles. The molecule has 4 heteroatoms. The number of rotatable bonds is 0. The van der Waals surface area contributed by atoms with Crippen LogP contribution in [-0.2, 0) is 0 Å². The van der Waals surface area contributed by atoms with E-state index in [1.807, 2.05) is 6.07 Å². The van der Waals surface area contributed by atoms with Gasteiger partial charge in [-0.15, -0.1) is 11.3 Å². The van der Waals surface area contributed by atoms with E-state index in [0.717, 1.165) is 10.2 Å². The van der Waals surface area contributed by atoms with Crippen LogP contribution in [0, 0.1) is 11.3 Å². The molecule has 0 saturated carbocycles. The van der Waals surface area contributed by atoms with Gasteiger partial charge in [0.2, 0.25) is 0 Å². The molecule has 0 bridgehead atoms. The highest BCUT2D eigenvalue weighted by atomic mass is 35.5. The molecule has 58 valence electrons. The number of halogens is 1. The molecular formula is C8H3ClN2S. The molecule has 12 heavy (non-hydrogen) atoms. The lowest BCUT2D eigenvalue weighted by Crippen LogP contribution is -1.69. The summed E-state index contributed by atoms with van der Waals surface area (Å²) in [4.78, 5) is 4.74. The molecule has 0 aliphatic carbocycles. The van der Waals surface area contributed by atoms with Crippen LogP contribution in [0.3, 0.4) is 0 Å². The Kier molecular flexibility index (Phi) is 1.72. The first-order valence-electron chi connectivity index (χ1n) is 3.25. The normalized spacial score (nSPS) is 10.0. The number of thiophene rings is 1. The van der Waals surface area contributed by atoms with Gasteiger partial charge in [0.15, 0.2) is 0 Å². The van der Waals surface area contributed by atoms with Crippen molar-refractivity contribution in [3.05, 3.63) is 28.2 Å². The lowest BCUT2D eigenvalue weighted by molar-refractivity contribution is 1.42. The zero-order chi connectivity index (χ0) is 8.55. The van der Waals surface area contributed by atoms with Crippen molar-refractivity contribution in [1.82, 2.24) is 4.98 Å². The first-order valence-corrected chi connectivity index (χ1v) is 4.44. The number of pyridine rings is 1. The van der Waals surface area contributed by atoms with Crippen LogP contribution in [0.1, 0.15) is 4.88 Å². The van der Waals surface area contributed by atoms with E-state index < -0.39 is 0 Å². The summed E-state index contributed by atoms with van der Waals surface area (Å²) in [5, 5.41) is 9.21. The Bertz CT molecular complexity index is 469. The highest BCUT2D eigenvalue weighted by Crippen LogP contribution is 2.25. The van der Waals surface area contributed by atoms with Gasteiger partial charge in [0.25, 0.3) is 0 Å². The molecule has 0 aliphatic heterocycles. The van der Waals surface area contributed by atoms with Gasteiger partial charge < -0.3 is 0 Å². The van der Waals surface area contributed by atoms with E-state index in [0.29, 0.717) is 9.90 Å². The smallest absolute Gasteiger partial charge is 0.110 e. The predicted octanol–water partition coefficient (Wildman–Crippen LogP) is 2.82. The maximum Gasteiger partial charge on any atom is 0.110 e. The molecule has 0 amide bonds. The summed E-state index contributed by atoms with van der Waals surface area (Å²) in [5.41, 5.74) is 0.834. The Balaban J connectivity index is 2.77. The van der Waals surface area contributed by atoms with Gasteiger partial charge in [0.05, 0.1) is 15.2 Å². The molecule has 0 unspecified atom stereocenters. The fourth-order valence-electron chi connectivity index (χ4n) is 0.949. The van der Waals surface area contributed by atoms with Gasteiger partial charge >= 0.3 is 0 Å². The second-order valence-electron chi connectivity index (χ2n) is 2.26. The van der Waals surface area contributed by atoms with Gasteiger partial charge in [-0.2, -0.15) is 5.26 Å². The molecule has 2 rings (SSSR count). The topological polar surface area (TPSA) is 36.7 Å². The number of aromatic nitrogens is 1. The Morgan fingerprint density at radius 2 is 2.33 bits per heavy atom. The van der Waals surface area contributed by atoms with E-state index >= 15 is 0 Å². The van der Waals surface area contributed by atoms with Crippen LogP contribution < -0.4 is 0 Å². The fraction of sp³-hybridized carbons (Fsp3) is 0. The van der Waals surface area contributed by atoms with Gasteiger partial charge in [-0.05, 0) is 12.1 Å². The molecule has 2 heterocycles. The highest BCUT2D eigenvalue weighted by molar-refractivity contribution is 7.19. The minimum absolute atomic E-state index is 0.605. The van der Waals surface area contributed by atoms with E-state index in [-0.39, 0.29) is 0 Å². The number of nitriles is 1. The summed E-state index contributed by atoms with van der Waals surface area (Å²) in [6.07, 6.45) is 1.58. The summed E-state index contributed by atoms with van der Waals surface area (Å²) in [6.45, 7) is 0.